The lowest BCUT2D eigenvalue weighted by molar-refractivity contribution is -0.149. The number of rotatable bonds is 4. The van der Waals surface area contributed by atoms with Crippen molar-refractivity contribution in [3.8, 4) is 0 Å². The van der Waals surface area contributed by atoms with Gasteiger partial charge in [0.05, 0.1) is 13.5 Å². The van der Waals surface area contributed by atoms with E-state index in [1.165, 1.54) is 7.11 Å². The summed E-state index contributed by atoms with van der Waals surface area (Å²) < 4.78 is 4.62. The van der Waals surface area contributed by atoms with Crippen LogP contribution in [-0.4, -0.2) is 85.4 Å². The SMILES string of the molecule is COC(=O)C[C@H](C)C(=O)N1CCC[C@@H]1C(=O)N1CCN(C)CC1. The number of nitrogens with zero attached hydrogens (tertiary/aromatic N) is 3. The fourth-order valence-electron chi connectivity index (χ4n) is 3.23. The van der Waals surface area contributed by atoms with Gasteiger partial charge in [-0.15, -0.1) is 0 Å². The molecule has 2 heterocycles. The van der Waals surface area contributed by atoms with E-state index >= 15 is 0 Å². The van der Waals surface area contributed by atoms with Crippen LogP contribution in [0.4, 0.5) is 0 Å². The summed E-state index contributed by atoms with van der Waals surface area (Å²) in [5.41, 5.74) is 0. The first-order valence-electron chi connectivity index (χ1n) is 8.28. The lowest BCUT2D eigenvalue weighted by atomic mass is 10.1. The Morgan fingerprint density at radius 1 is 1.13 bits per heavy atom. The third-order valence-corrected chi connectivity index (χ3v) is 4.76. The quantitative estimate of drug-likeness (QED) is 0.678. The molecule has 2 aliphatic heterocycles. The van der Waals surface area contributed by atoms with Crippen LogP contribution in [0, 0.1) is 5.92 Å². The molecule has 2 atom stereocenters. The number of piperazine rings is 1. The molecule has 2 amide bonds. The zero-order valence-corrected chi connectivity index (χ0v) is 14.3. The third kappa shape index (κ3) is 4.22. The molecule has 0 spiro atoms. The number of likely N-dealkylation sites (N-methyl/N-ethyl adjacent to an activating group) is 1. The van der Waals surface area contributed by atoms with Gasteiger partial charge in [-0.05, 0) is 19.9 Å². The molecule has 7 heteroatoms. The van der Waals surface area contributed by atoms with Crippen molar-refractivity contribution in [1.29, 1.82) is 0 Å². The minimum absolute atomic E-state index is 0.0502. The maximum atomic E-state index is 12.7. The fourth-order valence-corrected chi connectivity index (χ4v) is 3.23. The third-order valence-electron chi connectivity index (χ3n) is 4.76. The van der Waals surface area contributed by atoms with Gasteiger partial charge in [-0.2, -0.15) is 0 Å². The summed E-state index contributed by atoms with van der Waals surface area (Å²) in [4.78, 5) is 42.4. The first-order valence-corrected chi connectivity index (χ1v) is 8.28. The highest BCUT2D eigenvalue weighted by atomic mass is 16.5. The van der Waals surface area contributed by atoms with E-state index in [0.717, 1.165) is 19.5 Å². The Kier molecular flexibility index (Phi) is 5.98. The van der Waals surface area contributed by atoms with Crippen LogP contribution < -0.4 is 0 Å². The molecular formula is C16H27N3O4. The summed E-state index contributed by atoms with van der Waals surface area (Å²) in [6, 6.07) is -0.369. The van der Waals surface area contributed by atoms with Crippen LogP contribution in [0.3, 0.4) is 0 Å². The first kappa shape index (κ1) is 17.7. The lowest BCUT2D eigenvalue weighted by Gasteiger charge is -2.36. The summed E-state index contributed by atoms with van der Waals surface area (Å²) in [6.45, 7) is 5.47. The van der Waals surface area contributed by atoms with Crippen molar-refractivity contribution < 1.29 is 19.1 Å². The van der Waals surface area contributed by atoms with Crippen molar-refractivity contribution in [2.75, 3.05) is 46.9 Å². The van der Waals surface area contributed by atoms with Gasteiger partial charge in [0, 0.05) is 38.6 Å². The van der Waals surface area contributed by atoms with Crippen LogP contribution in [-0.2, 0) is 19.1 Å². The van der Waals surface area contributed by atoms with Gasteiger partial charge >= 0.3 is 5.97 Å². The number of hydrogen-bond donors (Lipinski definition) is 0. The molecule has 2 rings (SSSR count). The molecule has 0 N–H and O–H groups in total. The second kappa shape index (κ2) is 7.77. The number of carbonyl (C=O) groups is 3. The van der Waals surface area contributed by atoms with Crippen LogP contribution in [0.25, 0.3) is 0 Å². The highest BCUT2D eigenvalue weighted by molar-refractivity contribution is 5.90. The molecule has 0 aliphatic carbocycles. The van der Waals surface area contributed by atoms with Gasteiger partial charge in [-0.25, -0.2) is 0 Å². The predicted molar refractivity (Wildman–Crippen MR) is 84.6 cm³/mol. The molecule has 2 fully saturated rings. The molecule has 2 aliphatic rings. The van der Waals surface area contributed by atoms with E-state index in [2.05, 4.69) is 9.64 Å². The van der Waals surface area contributed by atoms with E-state index in [1.807, 2.05) is 11.9 Å². The molecule has 0 aromatic rings. The normalized spacial score (nSPS) is 23.7. The monoisotopic (exact) mass is 325 g/mol. The van der Waals surface area contributed by atoms with Crippen LogP contribution in [0.2, 0.25) is 0 Å². The Labute approximate surface area is 137 Å². The number of esters is 1. The fraction of sp³-hybridized carbons (Fsp3) is 0.812. The summed E-state index contributed by atoms with van der Waals surface area (Å²) in [5.74, 6) is -0.926. The van der Waals surface area contributed by atoms with Gasteiger partial charge in [-0.3, -0.25) is 14.4 Å². The number of ether oxygens (including phenoxy) is 1. The van der Waals surface area contributed by atoms with Gasteiger partial charge in [-0.1, -0.05) is 6.92 Å². The van der Waals surface area contributed by atoms with Crippen molar-refractivity contribution in [3.63, 3.8) is 0 Å². The molecule has 0 radical (unpaired) electrons. The first-order chi connectivity index (χ1) is 10.9. The van der Waals surface area contributed by atoms with Crippen molar-refractivity contribution in [3.05, 3.63) is 0 Å². The van der Waals surface area contributed by atoms with Crippen LogP contribution in [0.1, 0.15) is 26.2 Å². The standard InChI is InChI=1S/C16H27N3O4/c1-12(11-14(20)23-3)15(21)19-6-4-5-13(19)16(22)18-9-7-17(2)8-10-18/h12-13H,4-11H2,1-3H3/t12-,13+/m0/s1. The van der Waals surface area contributed by atoms with Crippen LogP contribution in [0.15, 0.2) is 0 Å². The largest absolute Gasteiger partial charge is 0.469 e. The summed E-state index contributed by atoms with van der Waals surface area (Å²) in [7, 11) is 3.36. The average molecular weight is 325 g/mol. The topological polar surface area (TPSA) is 70.2 Å². The maximum absolute atomic E-state index is 12.7. The minimum atomic E-state index is -0.455. The van der Waals surface area contributed by atoms with Crippen molar-refractivity contribution >= 4 is 17.8 Å². The molecular weight excluding hydrogens is 298 g/mol. The van der Waals surface area contributed by atoms with Crippen molar-refractivity contribution in [2.24, 2.45) is 5.92 Å². The molecule has 0 bridgehead atoms. The molecule has 2 saturated heterocycles. The molecule has 0 saturated carbocycles. The van der Waals surface area contributed by atoms with Crippen molar-refractivity contribution in [2.45, 2.75) is 32.2 Å². The highest BCUT2D eigenvalue weighted by Gasteiger charge is 2.38. The Balaban J connectivity index is 1.97. The van der Waals surface area contributed by atoms with Gasteiger partial charge < -0.3 is 19.4 Å². The Morgan fingerprint density at radius 3 is 2.39 bits per heavy atom. The second-order valence-corrected chi connectivity index (χ2v) is 6.50. The van der Waals surface area contributed by atoms with E-state index in [-0.39, 0.29) is 24.3 Å². The molecule has 23 heavy (non-hydrogen) atoms. The summed E-state index contributed by atoms with van der Waals surface area (Å²) in [6.07, 6.45) is 1.60. The van der Waals surface area contributed by atoms with E-state index in [4.69, 9.17) is 0 Å². The van der Waals surface area contributed by atoms with Gasteiger partial charge in [0.2, 0.25) is 11.8 Å². The van der Waals surface area contributed by atoms with Crippen molar-refractivity contribution in [1.82, 2.24) is 14.7 Å². The average Bonchev–Trinajstić information content (AvgIpc) is 3.03. The number of hydrogen-bond acceptors (Lipinski definition) is 5. The minimum Gasteiger partial charge on any atom is -0.469 e. The Bertz CT molecular complexity index is 460. The predicted octanol–water partition coefficient (Wildman–Crippen LogP) is -0.0494. The summed E-state index contributed by atoms with van der Waals surface area (Å²) in [5, 5.41) is 0. The lowest BCUT2D eigenvalue weighted by Crippen LogP contribution is -2.54. The Hall–Kier alpha value is -1.63. The summed E-state index contributed by atoms with van der Waals surface area (Å²) >= 11 is 0. The number of methoxy groups -OCH3 is 1. The van der Waals surface area contributed by atoms with Gasteiger partial charge in [0.25, 0.3) is 0 Å². The van der Waals surface area contributed by atoms with Crippen LogP contribution >= 0.6 is 0 Å². The number of amides is 2. The molecule has 0 unspecified atom stereocenters. The molecule has 130 valence electrons. The van der Waals surface area contributed by atoms with E-state index in [9.17, 15) is 14.4 Å². The van der Waals surface area contributed by atoms with E-state index in [0.29, 0.717) is 26.1 Å². The van der Waals surface area contributed by atoms with E-state index in [1.54, 1.807) is 11.8 Å². The maximum Gasteiger partial charge on any atom is 0.306 e. The highest BCUT2D eigenvalue weighted by Crippen LogP contribution is 2.23. The number of carbonyl (C=O) groups excluding carboxylic acids is 3. The zero-order chi connectivity index (χ0) is 17.0. The molecule has 7 nitrogen and oxygen atoms in total. The Morgan fingerprint density at radius 2 is 1.78 bits per heavy atom. The second-order valence-electron chi connectivity index (χ2n) is 6.50. The number of likely N-dealkylation sites (tertiary alicyclic amines) is 1. The molecule has 0 aromatic heterocycles. The van der Waals surface area contributed by atoms with Crippen LogP contribution in [0.5, 0.6) is 0 Å². The molecule has 0 aromatic carbocycles. The zero-order valence-electron chi connectivity index (χ0n) is 14.3. The van der Waals surface area contributed by atoms with Gasteiger partial charge in [0.15, 0.2) is 0 Å². The van der Waals surface area contributed by atoms with Gasteiger partial charge in [0.1, 0.15) is 6.04 Å². The van der Waals surface area contributed by atoms with E-state index < -0.39 is 11.9 Å². The smallest absolute Gasteiger partial charge is 0.306 e.